The van der Waals surface area contributed by atoms with Crippen molar-refractivity contribution in [3.8, 4) is 17.2 Å². The molecule has 0 saturated carbocycles. The van der Waals surface area contributed by atoms with E-state index in [0.717, 1.165) is 38.1 Å². The molecule has 6 nitrogen and oxygen atoms in total. The van der Waals surface area contributed by atoms with Gasteiger partial charge >= 0.3 is 6.18 Å². The van der Waals surface area contributed by atoms with Gasteiger partial charge in [0, 0.05) is 18.7 Å². The second kappa shape index (κ2) is 8.73. The molecular weight excluding hydrogens is 401 g/mol. The van der Waals surface area contributed by atoms with Crippen molar-refractivity contribution in [2.45, 2.75) is 19.0 Å². The number of nitrogens with zero attached hydrogens (tertiary/aromatic N) is 1. The molecule has 162 valence electrons. The molecule has 0 atom stereocenters. The molecular formula is C21H23F3N2O4. The molecule has 1 saturated heterocycles. The number of amides is 1. The van der Waals surface area contributed by atoms with Crippen LogP contribution in [0, 0.1) is 0 Å². The van der Waals surface area contributed by atoms with Crippen molar-refractivity contribution < 1.29 is 32.2 Å². The number of alkyl halides is 3. The molecule has 1 N–H and O–H groups in total. The van der Waals surface area contributed by atoms with Crippen LogP contribution in [0.4, 0.5) is 24.5 Å². The van der Waals surface area contributed by atoms with Crippen LogP contribution < -0.4 is 24.4 Å². The molecule has 1 aliphatic rings. The summed E-state index contributed by atoms with van der Waals surface area (Å²) in [5, 5.41) is 2.62. The van der Waals surface area contributed by atoms with Crippen LogP contribution in [0.2, 0.25) is 0 Å². The van der Waals surface area contributed by atoms with Gasteiger partial charge in [-0.25, -0.2) is 0 Å². The second-order valence-electron chi connectivity index (χ2n) is 6.79. The van der Waals surface area contributed by atoms with Gasteiger partial charge < -0.3 is 24.4 Å². The molecule has 9 heteroatoms. The normalized spacial score (nSPS) is 13.9. The first-order valence-corrected chi connectivity index (χ1v) is 9.36. The van der Waals surface area contributed by atoms with E-state index in [2.05, 4.69) is 5.32 Å². The summed E-state index contributed by atoms with van der Waals surface area (Å²) < 4.78 is 55.5. The Morgan fingerprint density at radius 3 is 2.07 bits per heavy atom. The number of carbonyl (C=O) groups is 1. The molecule has 1 heterocycles. The van der Waals surface area contributed by atoms with Crippen molar-refractivity contribution in [2.24, 2.45) is 0 Å². The highest BCUT2D eigenvalue weighted by Gasteiger charge is 2.32. The Labute approximate surface area is 172 Å². The maximum absolute atomic E-state index is 13.2. The van der Waals surface area contributed by atoms with Crippen LogP contribution in [0.15, 0.2) is 30.3 Å². The van der Waals surface area contributed by atoms with E-state index in [-0.39, 0.29) is 22.7 Å². The zero-order valence-electron chi connectivity index (χ0n) is 16.9. The maximum atomic E-state index is 13.2. The SMILES string of the molecule is COc1cc(C(=O)Nc2cc(C(F)(F)F)ccc2N2CCCC2)cc(OC)c1OC. The van der Waals surface area contributed by atoms with Crippen molar-refractivity contribution in [3.63, 3.8) is 0 Å². The Kier molecular flexibility index (Phi) is 6.28. The van der Waals surface area contributed by atoms with Crippen molar-refractivity contribution in [3.05, 3.63) is 41.5 Å². The Bertz CT molecular complexity index is 900. The highest BCUT2D eigenvalue weighted by atomic mass is 19.4. The molecule has 1 amide bonds. The molecule has 2 aromatic carbocycles. The van der Waals surface area contributed by atoms with Gasteiger partial charge in [-0.2, -0.15) is 13.2 Å². The summed E-state index contributed by atoms with van der Waals surface area (Å²) in [4.78, 5) is 14.9. The van der Waals surface area contributed by atoms with Crippen LogP contribution >= 0.6 is 0 Å². The van der Waals surface area contributed by atoms with Gasteiger partial charge in [-0.1, -0.05) is 0 Å². The Hall–Kier alpha value is -3.10. The number of halogens is 3. The highest BCUT2D eigenvalue weighted by molar-refractivity contribution is 6.06. The minimum absolute atomic E-state index is 0.102. The summed E-state index contributed by atoms with van der Waals surface area (Å²) in [5.74, 6) is 0.263. The third-order valence-electron chi connectivity index (χ3n) is 4.95. The molecule has 2 aromatic rings. The Morgan fingerprint density at radius 2 is 1.57 bits per heavy atom. The summed E-state index contributed by atoms with van der Waals surface area (Å²) in [6, 6.07) is 6.28. The zero-order chi connectivity index (χ0) is 21.9. The molecule has 1 fully saturated rings. The number of rotatable bonds is 6. The number of nitrogens with one attached hydrogen (secondary N) is 1. The van der Waals surface area contributed by atoms with Crippen molar-refractivity contribution in [1.82, 2.24) is 0 Å². The number of hydrogen-bond acceptors (Lipinski definition) is 5. The van der Waals surface area contributed by atoms with Gasteiger partial charge in [0.05, 0.1) is 38.3 Å². The van der Waals surface area contributed by atoms with Crippen LogP contribution in [0.5, 0.6) is 17.2 Å². The standard InChI is InChI=1S/C21H23F3N2O4/c1-28-17-10-13(11-18(29-2)19(17)30-3)20(27)25-15-12-14(21(22,23)24)6-7-16(15)26-8-4-5-9-26/h6-7,10-12H,4-5,8-9H2,1-3H3,(H,25,27). The fourth-order valence-corrected chi connectivity index (χ4v) is 3.45. The topological polar surface area (TPSA) is 60.0 Å². The molecule has 0 aromatic heterocycles. The first-order chi connectivity index (χ1) is 14.3. The minimum Gasteiger partial charge on any atom is -0.493 e. The van der Waals surface area contributed by atoms with Gasteiger partial charge in [0.25, 0.3) is 5.91 Å². The van der Waals surface area contributed by atoms with E-state index in [4.69, 9.17) is 14.2 Å². The highest BCUT2D eigenvalue weighted by Crippen LogP contribution is 2.39. The Balaban J connectivity index is 1.99. The molecule has 0 radical (unpaired) electrons. The lowest BCUT2D eigenvalue weighted by Crippen LogP contribution is -2.22. The predicted molar refractivity (Wildman–Crippen MR) is 107 cm³/mol. The molecule has 3 rings (SSSR count). The number of methoxy groups -OCH3 is 3. The van der Waals surface area contributed by atoms with Crippen LogP contribution in [0.3, 0.4) is 0 Å². The quantitative estimate of drug-likeness (QED) is 0.736. The van der Waals surface area contributed by atoms with Gasteiger partial charge in [-0.05, 0) is 43.2 Å². The fraction of sp³-hybridized carbons (Fsp3) is 0.381. The minimum atomic E-state index is -4.52. The average Bonchev–Trinajstić information content (AvgIpc) is 3.26. The number of anilines is 2. The number of carbonyl (C=O) groups excluding carboxylic acids is 1. The Morgan fingerprint density at radius 1 is 0.967 bits per heavy atom. The number of benzene rings is 2. The maximum Gasteiger partial charge on any atom is 0.416 e. The van der Waals surface area contributed by atoms with Crippen molar-refractivity contribution >= 4 is 17.3 Å². The summed E-state index contributed by atoms with van der Waals surface area (Å²) in [6.45, 7) is 1.44. The van der Waals surface area contributed by atoms with E-state index < -0.39 is 17.6 Å². The van der Waals surface area contributed by atoms with Gasteiger partial charge in [0.2, 0.25) is 5.75 Å². The zero-order valence-corrected chi connectivity index (χ0v) is 16.9. The van der Waals surface area contributed by atoms with E-state index in [1.165, 1.54) is 39.5 Å². The third-order valence-corrected chi connectivity index (χ3v) is 4.95. The van der Waals surface area contributed by atoms with E-state index >= 15 is 0 Å². The largest absolute Gasteiger partial charge is 0.493 e. The van der Waals surface area contributed by atoms with Crippen LogP contribution in [-0.2, 0) is 6.18 Å². The first kappa shape index (κ1) is 21.6. The summed E-state index contributed by atoms with van der Waals surface area (Å²) in [5.41, 5.74) is -0.00769. The van der Waals surface area contributed by atoms with Gasteiger partial charge in [-0.3, -0.25) is 4.79 Å². The van der Waals surface area contributed by atoms with Gasteiger partial charge in [-0.15, -0.1) is 0 Å². The van der Waals surface area contributed by atoms with Gasteiger partial charge in [0.1, 0.15) is 0 Å². The van der Waals surface area contributed by atoms with E-state index in [9.17, 15) is 18.0 Å². The molecule has 1 aliphatic heterocycles. The second-order valence-corrected chi connectivity index (χ2v) is 6.79. The predicted octanol–water partition coefficient (Wildman–Crippen LogP) is 4.58. The monoisotopic (exact) mass is 424 g/mol. The third kappa shape index (κ3) is 4.39. The summed E-state index contributed by atoms with van der Waals surface area (Å²) >= 11 is 0. The molecule has 0 spiro atoms. The molecule has 0 aliphatic carbocycles. The van der Waals surface area contributed by atoms with Crippen molar-refractivity contribution in [2.75, 3.05) is 44.6 Å². The van der Waals surface area contributed by atoms with E-state index in [1.54, 1.807) is 0 Å². The number of ether oxygens (including phenoxy) is 3. The van der Waals surface area contributed by atoms with Gasteiger partial charge in [0.15, 0.2) is 11.5 Å². The molecule has 0 unspecified atom stereocenters. The first-order valence-electron chi connectivity index (χ1n) is 9.36. The summed E-state index contributed by atoms with van der Waals surface area (Å²) in [6.07, 6.45) is -2.63. The molecule has 30 heavy (non-hydrogen) atoms. The van der Waals surface area contributed by atoms with Crippen LogP contribution in [0.1, 0.15) is 28.8 Å². The van der Waals surface area contributed by atoms with Crippen molar-refractivity contribution in [1.29, 1.82) is 0 Å². The average molecular weight is 424 g/mol. The van der Waals surface area contributed by atoms with E-state index in [1.807, 2.05) is 4.90 Å². The van der Waals surface area contributed by atoms with E-state index in [0.29, 0.717) is 11.4 Å². The smallest absolute Gasteiger partial charge is 0.416 e. The summed E-state index contributed by atoms with van der Waals surface area (Å²) in [7, 11) is 4.26. The van der Waals surface area contributed by atoms with Crippen LogP contribution in [-0.4, -0.2) is 40.3 Å². The van der Waals surface area contributed by atoms with Crippen LogP contribution in [0.25, 0.3) is 0 Å². The lowest BCUT2D eigenvalue weighted by molar-refractivity contribution is -0.137. The number of hydrogen-bond donors (Lipinski definition) is 1. The molecule has 0 bridgehead atoms. The lowest BCUT2D eigenvalue weighted by atomic mass is 10.1. The fourth-order valence-electron chi connectivity index (χ4n) is 3.45. The lowest BCUT2D eigenvalue weighted by Gasteiger charge is -2.23.